The Morgan fingerprint density at radius 3 is 1.89 bits per heavy atom. The number of aryl methyl sites for hydroxylation is 3. The number of hydrogen-bond donors (Lipinski definition) is 0. The molecule has 1 aromatic carbocycles. The van der Waals surface area contributed by atoms with Gasteiger partial charge in [-0.05, 0) is 37.8 Å². The summed E-state index contributed by atoms with van der Waals surface area (Å²) in [6, 6.07) is 5.61. The van der Waals surface area contributed by atoms with Crippen molar-refractivity contribution in [1.82, 2.24) is 0 Å². The van der Waals surface area contributed by atoms with E-state index >= 15 is 0 Å². The summed E-state index contributed by atoms with van der Waals surface area (Å²) < 4.78 is 25.1. The number of benzene rings is 1. The Hall–Kier alpha value is -1.34. The Morgan fingerprint density at radius 2 is 1.56 bits per heavy atom. The van der Waals surface area contributed by atoms with Crippen molar-refractivity contribution in [3.63, 3.8) is 0 Å². The fourth-order valence-corrected chi connectivity index (χ4v) is 4.44. The third-order valence-electron chi connectivity index (χ3n) is 2.96. The van der Waals surface area contributed by atoms with Crippen LogP contribution in [0.4, 0.5) is 0 Å². The van der Waals surface area contributed by atoms with Crippen LogP contribution in [0.5, 0.6) is 0 Å². The summed E-state index contributed by atoms with van der Waals surface area (Å²) in [5.74, 6) is -0.222. The van der Waals surface area contributed by atoms with Gasteiger partial charge < -0.3 is 0 Å². The van der Waals surface area contributed by atoms with E-state index in [-0.39, 0.29) is 5.92 Å². The van der Waals surface area contributed by atoms with Crippen molar-refractivity contribution in [3.8, 4) is 6.07 Å². The van der Waals surface area contributed by atoms with Gasteiger partial charge in [0.15, 0.2) is 15.1 Å². The van der Waals surface area contributed by atoms with Gasteiger partial charge in [-0.15, -0.1) is 0 Å². The lowest BCUT2D eigenvalue weighted by molar-refractivity contribution is 0.562. The molecular formula is C14H19NO2S. The molecular weight excluding hydrogens is 246 g/mol. The minimum Gasteiger partial charge on any atom is -0.222 e. The van der Waals surface area contributed by atoms with Crippen molar-refractivity contribution in [2.45, 2.75) is 44.8 Å². The molecule has 1 aromatic rings. The van der Waals surface area contributed by atoms with Crippen LogP contribution in [-0.2, 0) is 9.84 Å². The molecule has 0 amide bonds. The van der Waals surface area contributed by atoms with Crippen molar-refractivity contribution < 1.29 is 8.42 Å². The number of nitrogens with zero attached hydrogens (tertiary/aromatic N) is 1. The van der Waals surface area contributed by atoms with Gasteiger partial charge in [-0.25, -0.2) is 8.42 Å². The summed E-state index contributed by atoms with van der Waals surface area (Å²) >= 11 is 0. The normalized spacial score (nSPS) is 13.4. The molecule has 3 nitrogen and oxygen atoms in total. The number of sulfone groups is 1. The maximum absolute atomic E-state index is 12.5. The van der Waals surface area contributed by atoms with Gasteiger partial charge in [0.25, 0.3) is 0 Å². The molecule has 0 fully saturated rings. The molecule has 1 unspecified atom stereocenters. The lowest BCUT2D eigenvalue weighted by atomic mass is 10.1. The van der Waals surface area contributed by atoms with Gasteiger partial charge in [0.2, 0.25) is 0 Å². The number of hydrogen-bond acceptors (Lipinski definition) is 3. The first-order valence-corrected chi connectivity index (χ1v) is 7.47. The first-order chi connectivity index (χ1) is 8.21. The SMILES string of the molecule is Cc1cc(C)c(S(=O)(=O)C(C#N)C(C)C)c(C)c1. The van der Waals surface area contributed by atoms with Crippen molar-refractivity contribution in [3.05, 3.63) is 28.8 Å². The molecule has 1 atom stereocenters. The van der Waals surface area contributed by atoms with Gasteiger partial charge in [0, 0.05) is 0 Å². The van der Waals surface area contributed by atoms with Crippen LogP contribution < -0.4 is 0 Å². The standard InChI is InChI=1S/C14H19NO2S/c1-9(2)13(8-15)18(16,17)14-11(4)6-10(3)7-12(14)5/h6-7,9,13H,1-5H3. The van der Waals surface area contributed by atoms with Crippen molar-refractivity contribution in [2.24, 2.45) is 5.92 Å². The molecule has 4 heteroatoms. The van der Waals surface area contributed by atoms with Crippen LogP contribution in [0.15, 0.2) is 17.0 Å². The summed E-state index contributed by atoms with van der Waals surface area (Å²) in [6.45, 7) is 9.00. The predicted molar refractivity (Wildman–Crippen MR) is 72.1 cm³/mol. The zero-order valence-corrected chi connectivity index (χ0v) is 12.3. The highest BCUT2D eigenvalue weighted by Crippen LogP contribution is 2.28. The molecule has 98 valence electrons. The quantitative estimate of drug-likeness (QED) is 0.844. The molecule has 0 N–H and O–H groups in total. The van der Waals surface area contributed by atoms with Crippen LogP contribution >= 0.6 is 0 Å². The van der Waals surface area contributed by atoms with Crippen LogP contribution in [0, 0.1) is 38.0 Å². The molecule has 0 aliphatic rings. The Kier molecular flexibility index (Phi) is 4.18. The van der Waals surface area contributed by atoms with Crippen molar-refractivity contribution >= 4 is 9.84 Å². The third kappa shape index (κ3) is 2.56. The summed E-state index contributed by atoms with van der Waals surface area (Å²) in [6.07, 6.45) is 0. The maximum atomic E-state index is 12.5. The van der Waals surface area contributed by atoms with Gasteiger partial charge in [-0.3, -0.25) is 0 Å². The highest BCUT2D eigenvalue weighted by Gasteiger charge is 2.32. The topological polar surface area (TPSA) is 57.9 Å². The average molecular weight is 265 g/mol. The van der Waals surface area contributed by atoms with Gasteiger partial charge in [-0.1, -0.05) is 31.5 Å². The van der Waals surface area contributed by atoms with Gasteiger partial charge in [0.05, 0.1) is 11.0 Å². The summed E-state index contributed by atoms with van der Waals surface area (Å²) in [7, 11) is -3.59. The summed E-state index contributed by atoms with van der Waals surface area (Å²) in [4.78, 5) is 0.313. The Morgan fingerprint density at radius 1 is 1.11 bits per heavy atom. The van der Waals surface area contributed by atoms with E-state index in [0.29, 0.717) is 16.0 Å². The maximum Gasteiger partial charge on any atom is 0.195 e. The van der Waals surface area contributed by atoms with Crippen LogP contribution in [-0.4, -0.2) is 13.7 Å². The lowest BCUT2D eigenvalue weighted by Crippen LogP contribution is -2.26. The second kappa shape index (κ2) is 5.11. The molecule has 18 heavy (non-hydrogen) atoms. The van der Waals surface area contributed by atoms with Gasteiger partial charge in [0.1, 0.15) is 0 Å². The van der Waals surface area contributed by atoms with E-state index in [1.54, 1.807) is 27.7 Å². The smallest absolute Gasteiger partial charge is 0.195 e. The number of rotatable bonds is 3. The first kappa shape index (κ1) is 14.7. The van der Waals surface area contributed by atoms with E-state index < -0.39 is 15.1 Å². The van der Waals surface area contributed by atoms with E-state index in [1.165, 1.54) is 0 Å². The minimum absolute atomic E-state index is 0.222. The minimum atomic E-state index is -3.59. The van der Waals surface area contributed by atoms with E-state index in [0.717, 1.165) is 5.56 Å². The van der Waals surface area contributed by atoms with E-state index in [1.807, 2.05) is 25.1 Å². The van der Waals surface area contributed by atoms with E-state index in [4.69, 9.17) is 5.26 Å². The zero-order valence-electron chi connectivity index (χ0n) is 11.5. The second-order valence-electron chi connectivity index (χ2n) is 5.07. The third-order valence-corrected chi connectivity index (χ3v) is 5.49. The zero-order chi connectivity index (χ0) is 14.1. The lowest BCUT2D eigenvalue weighted by Gasteiger charge is -2.18. The van der Waals surface area contributed by atoms with E-state index in [2.05, 4.69) is 0 Å². The van der Waals surface area contributed by atoms with Crippen molar-refractivity contribution in [2.75, 3.05) is 0 Å². The Labute approximate surface area is 109 Å². The fraction of sp³-hybridized carbons (Fsp3) is 0.500. The summed E-state index contributed by atoms with van der Waals surface area (Å²) in [5, 5.41) is 8.11. The molecule has 0 saturated heterocycles. The van der Waals surface area contributed by atoms with Crippen molar-refractivity contribution in [1.29, 1.82) is 5.26 Å². The van der Waals surface area contributed by atoms with Gasteiger partial charge >= 0.3 is 0 Å². The monoisotopic (exact) mass is 265 g/mol. The second-order valence-corrected chi connectivity index (χ2v) is 7.07. The van der Waals surface area contributed by atoms with Crippen LogP contribution in [0.25, 0.3) is 0 Å². The molecule has 0 aromatic heterocycles. The Balaban J connectivity index is 3.53. The highest BCUT2D eigenvalue weighted by atomic mass is 32.2. The molecule has 0 aliphatic carbocycles. The van der Waals surface area contributed by atoms with Crippen LogP contribution in [0.1, 0.15) is 30.5 Å². The highest BCUT2D eigenvalue weighted by molar-refractivity contribution is 7.92. The summed E-state index contributed by atoms with van der Waals surface area (Å²) in [5.41, 5.74) is 2.46. The molecule has 0 bridgehead atoms. The molecule has 0 saturated carbocycles. The van der Waals surface area contributed by atoms with Crippen LogP contribution in [0.3, 0.4) is 0 Å². The molecule has 0 spiro atoms. The molecule has 0 aliphatic heterocycles. The average Bonchev–Trinajstić information content (AvgIpc) is 2.14. The molecule has 1 rings (SSSR count). The van der Waals surface area contributed by atoms with Gasteiger partial charge in [-0.2, -0.15) is 5.26 Å². The predicted octanol–water partition coefficient (Wildman–Crippen LogP) is 2.93. The number of nitriles is 1. The van der Waals surface area contributed by atoms with Crippen LogP contribution in [0.2, 0.25) is 0 Å². The molecule has 0 radical (unpaired) electrons. The van der Waals surface area contributed by atoms with E-state index in [9.17, 15) is 8.42 Å². The first-order valence-electron chi connectivity index (χ1n) is 5.93. The Bertz CT molecular complexity index is 572. The largest absolute Gasteiger partial charge is 0.222 e. The molecule has 0 heterocycles. The fourth-order valence-electron chi connectivity index (χ4n) is 2.32.